The van der Waals surface area contributed by atoms with Crippen LogP contribution in [0.4, 0.5) is 0 Å². The van der Waals surface area contributed by atoms with Gasteiger partial charge in [-0.25, -0.2) is 0 Å². The Hall–Kier alpha value is -3.83. The predicted octanol–water partition coefficient (Wildman–Crippen LogP) is 4.15. The minimum atomic E-state index is -1.50. The summed E-state index contributed by atoms with van der Waals surface area (Å²) in [5, 5.41) is 35.9. The van der Waals surface area contributed by atoms with Crippen molar-refractivity contribution in [2.45, 2.75) is 122 Å². The molecule has 0 radical (unpaired) electrons. The largest absolute Gasteiger partial charge is 0.486 e. The van der Waals surface area contributed by atoms with E-state index in [-0.39, 0.29) is 65.3 Å². The van der Waals surface area contributed by atoms with E-state index in [1.807, 2.05) is 18.2 Å². The predicted molar refractivity (Wildman–Crippen MR) is 213 cm³/mol. The molecular formula is C41H56Cl2N2O13. The van der Waals surface area contributed by atoms with E-state index >= 15 is 0 Å². The van der Waals surface area contributed by atoms with Gasteiger partial charge in [0, 0.05) is 38.5 Å². The maximum atomic E-state index is 13.3. The zero-order valence-corrected chi connectivity index (χ0v) is 35.3. The van der Waals surface area contributed by atoms with Gasteiger partial charge in [-0.05, 0) is 69.7 Å². The molecule has 0 aromatic heterocycles. The van der Waals surface area contributed by atoms with Crippen LogP contribution in [0.3, 0.4) is 0 Å². The highest BCUT2D eigenvalue weighted by Crippen LogP contribution is 2.38. The first kappa shape index (κ1) is 48.5. The van der Waals surface area contributed by atoms with Gasteiger partial charge in [0.2, 0.25) is 5.91 Å². The maximum absolute atomic E-state index is 13.3. The number of aliphatic hydroxyl groups excluding tert-OH is 3. The molecule has 15 nitrogen and oxygen atoms in total. The van der Waals surface area contributed by atoms with E-state index in [0.717, 1.165) is 11.1 Å². The number of ether oxygens (including phenoxy) is 5. The topological polar surface area (TPSA) is 216 Å². The highest BCUT2D eigenvalue weighted by atomic mass is 35.5. The number of methoxy groups -OCH3 is 2. The monoisotopic (exact) mass is 854 g/mol. The normalized spacial score (nSPS) is 19.8. The van der Waals surface area contributed by atoms with Crippen LogP contribution in [0.25, 0.3) is 0 Å². The molecule has 6 atom stereocenters. The maximum Gasteiger partial charge on any atom is 0.309 e. The second-order valence-electron chi connectivity index (χ2n) is 15.1. The number of halogens is 2. The Balaban J connectivity index is 1.44. The average Bonchev–Trinajstić information content (AvgIpc) is 3.16. The third-order valence-electron chi connectivity index (χ3n) is 9.38. The van der Waals surface area contributed by atoms with Crippen LogP contribution in [0, 0.1) is 12.8 Å². The number of hydrogen-bond acceptors (Lipinski definition) is 13. The first-order chi connectivity index (χ1) is 27.4. The van der Waals surface area contributed by atoms with Gasteiger partial charge in [0.05, 0.1) is 36.1 Å². The van der Waals surface area contributed by atoms with Crippen molar-refractivity contribution in [3.05, 3.63) is 62.6 Å². The molecular weight excluding hydrogens is 799 g/mol. The van der Waals surface area contributed by atoms with E-state index in [1.54, 1.807) is 33.8 Å². The van der Waals surface area contributed by atoms with Gasteiger partial charge in [-0.15, -0.1) is 0 Å². The van der Waals surface area contributed by atoms with Gasteiger partial charge < -0.3 is 49.6 Å². The van der Waals surface area contributed by atoms with Crippen LogP contribution in [0.2, 0.25) is 10.0 Å². The standard InChI is InChI=1S/C41H56Cl2N2O13/c1-23-28(38(52)45-34-36(51)35(50)30(21-46)57-40(34)55-6)20-29(42)37(33(23)43)56-22-25-12-9-11-24(17-25)18-27(47)14-10-15-31(48)44-16-8-7-13-26(39(53)54-5)19-32(49)58-41(2,3)4/h9,11-12,17,20,26,30,34-36,40,46,50-51H,7-8,10,13-16,18-19,21-22H2,1-6H3,(H,44,48)(H,45,52)/t26-,30-,34-,35-,36-,40+/m1/s1. The van der Waals surface area contributed by atoms with Crippen molar-refractivity contribution in [2.75, 3.05) is 27.4 Å². The van der Waals surface area contributed by atoms with Gasteiger partial charge in [-0.1, -0.05) is 53.9 Å². The fourth-order valence-electron chi connectivity index (χ4n) is 6.36. The van der Waals surface area contributed by atoms with E-state index in [2.05, 4.69) is 10.6 Å². The SMILES string of the molecule is COC(=O)[C@H](CCCCNC(=O)CCCC(=O)Cc1cccc(COc2c(Cl)cc(C(=O)N[C@H]3[C@@H](OC)O[C@H](CO)[C@@H](O)[C@@H]3O)c(C)c2Cl)c1)CC(=O)OC(C)(C)C. The summed E-state index contributed by atoms with van der Waals surface area (Å²) >= 11 is 13.1. The number of ketones is 1. The number of carbonyl (C=O) groups is 5. The van der Waals surface area contributed by atoms with Gasteiger partial charge >= 0.3 is 11.9 Å². The minimum absolute atomic E-state index is 0.0351. The summed E-state index contributed by atoms with van der Waals surface area (Å²) in [6, 6.07) is 7.42. The second-order valence-corrected chi connectivity index (χ2v) is 15.9. The molecule has 3 rings (SSSR count). The number of amides is 2. The van der Waals surface area contributed by atoms with E-state index in [1.165, 1.54) is 20.3 Å². The lowest BCUT2D eigenvalue weighted by Gasteiger charge is -2.41. The molecule has 0 bridgehead atoms. The Bertz CT molecular complexity index is 1730. The minimum Gasteiger partial charge on any atom is -0.486 e. The molecule has 0 saturated carbocycles. The first-order valence-corrected chi connectivity index (χ1v) is 19.9. The van der Waals surface area contributed by atoms with Crippen LogP contribution in [0.15, 0.2) is 30.3 Å². The number of Topliss-reactive ketones (excluding diaryl/α,β-unsaturated/α-hetero) is 1. The fourth-order valence-corrected chi connectivity index (χ4v) is 6.93. The summed E-state index contributed by atoms with van der Waals surface area (Å²) in [4.78, 5) is 62.8. The Morgan fingerprint density at radius 3 is 2.33 bits per heavy atom. The number of unbranched alkanes of at least 4 members (excludes halogenated alkanes) is 1. The Kier molecular flexibility index (Phi) is 19.3. The molecule has 0 unspecified atom stereocenters. The van der Waals surface area contributed by atoms with E-state index < -0.39 is 66.6 Å². The lowest BCUT2D eigenvalue weighted by atomic mass is 9.96. The molecule has 0 aliphatic carbocycles. The zero-order valence-electron chi connectivity index (χ0n) is 33.8. The van der Waals surface area contributed by atoms with Gasteiger partial charge in [-0.3, -0.25) is 24.0 Å². The van der Waals surface area contributed by atoms with Crippen LogP contribution in [-0.2, 0) is 51.2 Å². The molecule has 0 spiro atoms. The summed E-state index contributed by atoms with van der Waals surface area (Å²) in [6.45, 7) is 6.74. The highest BCUT2D eigenvalue weighted by Gasteiger charge is 2.45. The van der Waals surface area contributed by atoms with Crippen LogP contribution < -0.4 is 15.4 Å². The third kappa shape index (κ3) is 14.8. The van der Waals surface area contributed by atoms with Crippen LogP contribution >= 0.6 is 23.2 Å². The lowest BCUT2D eigenvalue weighted by molar-refractivity contribution is -0.261. The molecule has 2 amide bonds. The summed E-state index contributed by atoms with van der Waals surface area (Å²) in [6.07, 6.45) is -2.77. The molecule has 1 aliphatic heterocycles. The Labute approximate surface area is 349 Å². The van der Waals surface area contributed by atoms with Crippen LogP contribution in [0.5, 0.6) is 5.75 Å². The number of hydrogen-bond donors (Lipinski definition) is 5. The Morgan fingerprint density at radius 2 is 1.67 bits per heavy atom. The Morgan fingerprint density at radius 1 is 0.966 bits per heavy atom. The van der Waals surface area contributed by atoms with Crippen molar-refractivity contribution in [2.24, 2.45) is 5.92 Å². The zero-order chi connectivity index (χ0) is 43.2. The molecule has 2 aromatic carbocycles. The molecule has 1 heterocycles. The number of esters is 2. The highest BCUT2D eigenvalue weighted by molar-refractivity contribution is 6.38. The number of aliphatic hydroxyl groups is 3. The average molecular weight is 856 g/mol. The lowest BCUT2D eigenvalue weighted by Crippen LogP contribution is -2.64. The second kappa shape index (κ2) is 23.1. The molecule has 1 fully saturated rings. The molecule has 1 saturated heterocycles. The molecule has 322 valence electrons. The first-order valence-electron chi connectivity index (χ1n) is 19.1. The fraction of sp³-hybridized carbons (Fsp3) is 0.585. The molecule has 1 aliphatic rings. The molecule has 58 heavy (non-hydrogen) atoms. The van der Waals surface area contributed by atoms with Crippen molar-refractivity contribution in [3.8, 4) is 5.75 Å². The molecule has 5 N–H and O–H groups in total. The number of nitrogens with one attached hydrogen (secondary N) is 2. The van der Waals surface area contributed by atoms with Gasteiger partial charge in [-0.2, -0.15) is 0 Å². The van der Waals surface area contributed by atoms with E-state index in [4.69, 9.17) is 46.9 Å². The van der Waals surface area contributed by atoms with Crippen molar-refractivity contribution in [1.29, 1.82) is 0 Å². The number of benzene rings is 2. The van der Waals surface area contributed by atoms with Crippen molar-refractivity contribution in [3.63, 3.8) is 0 Å². The van der Waals surface area contributed by atoms with E-state index in [9.17, 15) is 39.3 Å². The van der Waals surface area contributed by atoms with Gasteiger partial charge in [0.1, 0.15) is 42.3 Å². The summed E-state index contributed by atoms with van der Waals surface area (Å²) < 4.78 is 26.8. The third-order valence-corrected chi connectivity index (χ3v) is 10.1. The smallest absolute Gasteiger partial charge is 0.309 e. The summed E-state index contributed by atoms with van der Waals surface area (Å²) in [5.41, 5.74) is 1.25. The van der Waals surface area contributed by atoms with Crippen molar-refractivity contribution < 1.29 is 63.0 Å². The van der Waals surface area contributed by atoms with Crippen molar-refractivity contribution >= 4 is 52.7 Å². The van der Waals surface area contributed by atoms with Crippen LogP contribution in [0.1, 0.15) is 92.8 Å². The van der Waals surface area contributed by atoms with E-state index in [0.29, 0.717) is 37.8 Å². The summed E-state index contributed by atoms with van der Waals surface area (Å²) in [5.74, 6) is -2.32. The molecule has 17 heteroatoms. The van der Waals surface area contributed by atoms with Crippen molar-refractivity contribution in [1.82, 2.24) is 10.6 Å². The molecule has 2 aromatic rings. The quantitative estimate of drug-likeness (QED) is 0.0883. The van der Waals surface area contributed by atoms with Gasteiger partial charge in [0.25, 0.3) is 5.91 Å². The number of rotatable bonds is 21. The number of carbonyl (C=O) groups excluding carboxylic acids is 5. The van der Waals surface area contributed by atoms with Gasteiger partial charge in [0.15, 0.2) is 12.0 Å². The van der Waals surface area contributed by atoms with Crippen LogP contribution in [-0.4, -0.2) is 108 Å². The summed E-state index contributed by atoms with van der Waals surface area (Å²) in [7, 11) is 2.57.